The van der Waals surface area contributed by atoms with Gasteiger partial charge in [0.2, 0.25) is 10.0 Å². The highest BCUT2D eigenvalue weighted by Crippen LogP contribution is 2.24. The molecule has 0 bridgehead atoms. The molecule has 5 nitrogen and oxygen atoms in total. The zero-order valence-electron chi connectivity index (χ0n) is 8.08. The van der Waals surface area contributed by atoms with Crippen LogP contribution in [0.25, 0.3) is 0 Å². The molecule has 0 aromatic heterocycles. The van der Waals surface area contributed by atoms with E-state index in [9.17, 15) is 22.0 Å². The average molecular weight is 330 g/mol. The van der Waals surface area contributed by atoms with Gasteiger partial charge in [-0.25, -0.2) is 17.2 Å². The van der Waals surface area contributed by atoms with Crippen LogP contribution in [0.1, 0.15) is 0 Å². The summed E-state index contributed by atoms with van der Waals surface area (Å²) in [5.74, 6) is -5.20. The molecule has 17 heavy (non-hydrogen) atoms. The molecule has 0 radical (unpaired) electrons. The van der Waals surface area contributed by atoms with E-state index < -0.39 is 39.1 Å². The maximum Gasteiger partial charge on any atom is 0.320 e. The zero-order valence-corrected chi connectivity index (χ0v) is 10.5. The molecule has 94 valence electrons. The van der Waals surface area contributed by atoms with Crippen LogP contribution in [0.3, 0.4) is 0 Å². The van der Waals surface area contributed by atoms with Gasteiger partial charge in [-0.3, -0.25) is 9.52 Å². The Bertz CT molecular complexity index is 538. The van der Waals surface area contributed by atoms with Crippen LogP contribution in [0.4, 0.5) is 14.5 Å². The fourth-order valence-electron chi connectivity index (χ4n) is 0.994. The minimum absolute atomic E-state index is 0.0914. The number of carboxylic acid groups (broad SMARTS) is 1. The highest BCUT2D eigenvalue weighted by molar-refractivity contribution is 9.10. The monoisotopic (exact) mass is 329 g/mol. The van der Waals surface area contributed by atoms with Gasteiger partial charge in [0.15, 0.2) is 17.4 Å². The second-order valence-electron chi connectivity index (χ2n) is 3.00. The fourth-order valence-corrected chi connectivity index (χ4v) is 2.30. The van der Waals surface area contributed by atoms with E-state index in [2.05, 4.69) is 15.9 Å². The van der Waals surface area contributed by atoms with Crippen LogP contribution in [0, 0.1) is 11.6 Å². The normalized spacial score (nSPS) is 11.2. The summed E-state index contributed by atoms with van der Waals surface area (Å²) in [5.41, 5.74) is -0.908. The van der Waals surface area contributed by atoms with Crippen molar-refractivity contribution in [1.82, 2.24) is 0 Å². The van der Waals surface area contributed by atoms with Crippen LogP contribution in [0.15, 0.2) is 16.6 Å². The minimum atomic E-state index is -4.34. The first kappa shape index (κ1) is 13.8. The highest BCUT2D eigenvalue weighted by atomic mass is 79.9. The Morgan fingerprint density at radius 1 is 1.35 bits per heavy atom. The molecule has 1 aromatic carbocycles. The van der Waals surface area contributed by atoms with Crippen molar-refractivity contribution in [2.24, 2.45) is 0 Å². The maximum atomic E-state index is 13.2. The lowest BCUT2D eigenvalue weighted by atomic mass is 10.3. The largest absolute Gasteiger partial charge is 0.480 e. The third-order valence-corrected chi connectivity index (χ3v) is 3.18. The molecule has 1 rings (SSSR count). The van der Waals surface area contributed by atoms with Gasteiger partial charge in [-0.05, 0) is 12.1 Å². The summed E-state index contributed by atoms with van der Waals surface area (Å²) in [7, 11) is -4.34. The predicted octanol–water partition coefficient (Wildman–Crippen LogP) is 1.55. The van der Waals surface area contributed by atoms with Crippen molar-refractivity contribution in [2.45, 2.75) is 0 Å². The Morgan fingerprint density at radius 2 is 1.82 bits per heavy atom. The number of nitrogens with one attached hydrogen (secondary N) is 1. The van der Waals surface area contributed by atoms with E-state index in [-0.39, 0.29) is 4.47 Å². The molecule has 0 saturated heterocycles. The van der Waals surface area contributed by atoms with E-state index in [1.54, 1.807) is 0 Å². The molecule has 0 amide bonds. The molecule has 0 spiro atoms. The Kier molecular flexibility index (Phi) is 4.04. The van der Waals surface area contributed by atoms with Crippen molar-refractivity contribution >= 4 is 37.6 Å². The topological polar surface area (TPSA) is 83.5 Å². The lowest BCUT2D eigenvalue weighted by molar-refractivity contribution is -0.134. The van der Waals surface area contributed by atoms with Crippen LogP contribution in [-0.2, 0) is 14.8 Å². The lowest BCUT2D eigenvalue weighted by Crippen LogP contribution is -2.23. The number of hydrogen-bond donors (Lipinski definition) is 2. The van der Waals surface area contributed by atoms with Crippen LogP contribution < -0.4 is 4.72 Å². The van der Waals surface area contributed by atoms with Gasteiger partial charge in [0, 0.05) is 4.47 Å². The summed E-state index contributed by atoms with van der Waals surface area (Å²) in [6.07, 6.45) is 0. The van der Waals surface area contributed by atoms with Crippen LogP contribution in [0.2, 0.25) is 0 Å². The van der Waals surface area contributed by atoms with Crippen molar-refractivity contribution < 1.29 is 27.1 Å². The van der Waals surface area contributed by atoms with E-state index in [4.69, 9.17) is 5.11 Å². The molecule has 9 heteroatoms. The Labute approximate surface area is 104 Å². The van der Waals surface area contributed by atoms with Gasteiger partial charge in [0.1, 0.15) is 5.69 Å². The molecule has 0 unspecified atom stereocenters. The summed E-state index contributed by atoms with van der Waals surface area (Å²) >= 11 is 2.82. The average Bonchev–Trinajstić information content (AvgIpc) is 2.09. The van der Waals surface area contributed by atoms with Gasteiger partial charge < -0.3 is 5.11 Å². The van der Waals surface area contributed by atoms with E-state index in [1.807, 2.05) is 0 Å². The van der Waals surface area contributed by atoms with Gasteiger partial charge in [-0.15, -0.1) is 0 Å². The summed E-state index contributed by atoms with van der Waals surface area (Å²) < 4.78 is 50.4. The summed E-state index contributed by atoms with van der Waals surface area (Å²) in [4.78, 5) is 10.2. The number of anilines is 1. The van der Waals surface area contributed by atoms with Crippen molar-refractivity contribution in [1.29, 1.82) is 0 Å². The van der Waals surface area contributed by atoms with E-state index in [0.717, 1.165) is 12.1 Å². The molecular formula is C8H6BrF2NO4S. The Morgan fingerprint density at radius 3 is 2.24 bits per heavy atom. The third-order valence-electron chi connectivity index (χ3n) is 1.58. The molecule has 0 saturated carbocycles. The number of sulfonamides is 1. The summed E-state index contributed by atoms with van der Waals surface area (Å²) in [6.45, 7) is 0. The van der Waals surface area contributed by atoms with Gasteiger partial charge >= 0.3 is 5.97 Å². The van der Waals surface area contributed by atoms with Crippen LogP contribution >= 0.6 is 15.9 Å². The van der Waals surface area contributed by atoms with Crippen molar-refractivity contribution in [3.63, 3.8) is 0 Å². The Balaban J connectivity index is 3.08. The Hall–Kier alpha value is -1.22. The summed E-state index contributed by atoms with van der Waals surface area (Å²) in [5, 5.41) is 8.30. The van der Waals surface area contributed by atoms with Crippen molar-refractivity contribution in [2.75, 3.05) is 10.5 Å². The first-order valence-corrected chi connectivity index (χ1v) is 6.52. The number of hydrogen-bond acceptors (Lipinski definition) is 3. The molecule has 0 aliphatic heterocycles. The maximum absolute atomic E-state index is 13.2. The smallest absolute Gasteiger partial charge is 0.320 e. The molecule has 1 aromatic rings. The first-order valence-electron chi connectivity index (χ1n) is 4.08. The van der Waals surface area contributed by atoms with Gasteiger partial charge in [0.05, 0.1) is 0 Å². The van der Waals surface area contributed by atoms with E-state index in [1.165, 1.54) is 4.72 Å². The second-order valence-corrected chi connectivity index (χ2v) is 5.64. The van der Waals surface area contributed by atoms with E-state index in [0.29, 0.717) is 0 Å². The quantitative estimate of drug-likeness (QED) is 0.877. The van der Waals surface area contributed by atoms with Gasteiger partial charge in [-0.1, -0.05) is 15.9 Å². The highest BCUT2D eigenvalue weighted by Gasteiger charge is 2.20. The SMILES string of the molecule is O=C(O)CS(=O)(=O)Nc1c(F)cc(Br)cc1F. The zero-order chi connectivity index (χ0) is 13.2. The fraction of sp³-hybridized carbons (Fsp3) is 0.125. The van der Waals surface area contributed by atoms with Crippen LogP contribution in [0.5, 0.6) is 0 Å². The second kappa shape index (κ2) is 4.96. The summed E-state index contributed by atoms with van der Waals surface area (Å²) in [6, 6.07) is 1.70. The van der Waals surface area contributed by atoms with Crippen molar-refractivity contribution in [3.05, 3.63) is 28.2 Å². The number of aliphatic carboxylic acids is 1. The molecule has 2 N–H and O–H groups in total. The number of rotatable bonds is 4. The predicted molar refractivity (Wildman–Crippen MR) is 59.1 cm³/mol. The molecule has 0 aliphatic carbocycles. The van der Waals surface area contributed by atoms with Crippen LogP contribution in [-0.4, -0.2) is 25.2 Å². The number of halogens is 3. The molecule has 0 fully saturated rings. The van der Waals surface area contributed by atoms with Gasteiger partial charge in [0.25, 0.3) is 0 Å². The first-order chi connectivity index (χ1) is 7.71. The van der Waals surface area contributed by atoms with Crippen molar-refractivity contribution in [3.8, 4) is 0 Å². The third kappa shape index (κ3) is 3.93. The van der Waals surface area contributed by atoms with Gasteiger partial charge in [-0.2, -0.15) is 0 Å². The number of carbonyl (C=O) groups is 1. The molecule has 0 atom stereocenters. The van der Waals surface area contributed by atoms with E-state index >= 15 is 0 Å². The number of carboxylic acids is 1. The number of benzene rings is 1. The molecule has 0 aliphatic rings. The standard InChI is InChI=1S/C8H6BrF2NO4S/c9-4-1-5(10)8(6(11)2-4)12-17(15,16)3-7(13)14/h1-2,12H,3H2,(H,13,14). The minimum Gasteiger partial charge on any atom is -0.480 e. The molecule has 0 heterocycles. The lowest BCUT2D eigenvalue weighted by Gasteiger charge is -2.08. The molecular weight excluding hydrogens is 324 g/mol.